The average molecular weight is 493 g/mol. The zero-order valence-electron chi connectivity index (χ0n) is 21.1. The van der Waals surface area contributed by atoms with Crippen LogP contribution in [0.2, 0.25) is 0 Å². The molecule has 4 rings (SSSR count). The third-order valence-corrected chi connectivity index (χ3v) is 8.12. The Balaban J connectivity index is 1.53. The fourth-order valence-electron chi connectivity index (χ4n) is 6.21. The van der Waals surface area contributed by atoms with Crippen LogP contribution in [-0.2, 0) is 30.3 Å². The number of hydrogen-bond donors (Lipinski definition) is 2. The van der Waals surface area contributed by atoms with Crippen molar-refractivity contribution in [3.63, 3.8) is 0 Å². The number of fused-ring (bicyclic) bond motifs is 1. The van der Waals surface area contributed by atoms with Crippen molar-refractivity contribution in [1.29, 1.82) is 0 Å². The molecule has 2 heterocycles. The van der Waals surface area contributed by atoms with E-state index in [1.807, 2.05) is 49.4 Å². The molecule has 0 bridgehead atoms. The molecule has 0 aromatic heterocycles. The monoisotopic (exact) mass is 492 g/mol. The highest BCUT2D eigenvalue weighted by atomic mass is 16.5. The van der Waals surface area contributed by atoms with E-state index in [-0.39, 0.29) is 42.3 Å². The molecule has 3 N–H and O–H groups in total. The average Bonchev–Trinajstić information content (AvgIpc) is 3.22. The number of ether oxygens (including phenoxy) is 2. The van der Waals surface area contributed by atoms with Gasteiger partial charge in [-0.15, -0.1) is 0 Å². The maximum atomic E-state index is 12.8. The van der Waals surface area contributed by atoms with E-state index in [2.05, 4.69) is 18.8 Å². The molecule has 1 aromatic rings. The van der Waals surface area contributed by atoms with Gasteiger partial charge in [0.05, 0.1) is 11.1 Å². The Hall–Kier alpha value is -3.19. The maximum absolute atomic E-state index is 12.8. The van der Waals surface area contributed by atoms with Crippen molar-refractivity contribution in [2.45, 2.75) is 57.5 Å². The summed E-state index contributed by atoms with van der Waals surface area (Å²) in [7, 11) is 0. The summed E-state index contributed by atoms with van der Waals surface area (Å²) < 4.78 is 10.8. The number of allylic oxidation sites excluding steroid dienone is 2. The number of amides is 1. The number of carbonyl (C=O) groups is 3. The molecule has 7 heteroatoms. The van der Waals surface area contributed by atoms with E-state index in [0.717, 1.165) is 24.0 Å². The van der Waals surface area contributed by atoms with Gasteiger partial charge in [0, 0.05) is 12.3 Å². The summed E-state index contributed by atoms with van der Waals surface area (Å²) in [6.07, 6.45) is 8.63. The number of esters is 2. The Bertz CT molecular complexity index is 1090. The van der Waals surface area contributed by atoms with Crippen LogP contribution >= 0.6 is 0 Å². The number of nitrogens with two attached hydrogens (primary N) is 1. The van der Waals surface area contributed by atoms with Crippen molar-refractivity contribution in [2.24, 2.45) is 23.0 Å². The van der Waals surface area contributed by atoms with Crippen molar-refractivity contribution in [1.82, 2.24) is 5.32 Å². The number of hydrogen-bond acceptors (Lipinski definition) is 6. The molecular formula is C29H36N2O5. The standard InChI is InChI=1S/C29H36N2O5/c1-19-9-12-24-28(2,22(19)11-10-21-14-16-35-26(21)33)15-13-25(32)31-29(24,3)18-36-27(34)23(30)17-20-7-5-4-6-8-20/h4-8,10-11,14,22-24H,1,9,12-13,15-18,30H2,2-3H3,(H,31,32)/b11-10+/t22-,23?,24+,28+,29+/m1/s1. The number of benzene rings is 1. The van der Waals surface area contributed by atoms with Gasteiger partial charge in [-0.25, -0.2) is 4.79 Å². The molecule has 1 unspecified atom stereocenters. The quantitative estimate of drug-likeness (QED) is 0.446. The molecule has 36 heavy (non-hydrogen) atoms. The highest BCUT2D eigenvalue weighted by molar-refractivity contribution is 5.93. The number of rotatable bonds is 7. The van der Waals surface area contributed by atoms with E-state index in [1.54, 1.807) is 6.08 Å². The summed E-state index contributed by atoms with van der Waals surface area (Å²) >= 11 is 0. The summed E-state index contributed by atoms with van der Waals surface area (Å²) in [5.41, 5.74) is 7.65. The van der Waals surface area contributed by atoms with Crippen LogP contribution in [-0.4, -0.2) is 42.6 Å². The Labute approximate surface area is 212 Å². The van der Waals surface area contributed by atoms with E-state index in [9.17, 15) is 14.4 Å². The molecule has 7 nitrogen and oxygen atoms in total. The Kier molecular flexibility index (Phi) is 7.50. The van der Waals surface area contributed by atoms with Crippen molar-refractivity contribution < 1.29 is 23.9 Å². The minimum absolute atomic E-state index is 0.0271. The molecular weight excluding hydrogens is 456 g/mol. The van der Waals surface area contributed by atoms with Crippen LogP contribution in [0.4, 0.5) is 0 Å². The number of carbonyl (C=O) groups excluding carboxylic acids is 3. The van der Waals surface area contributed by atoms with E-state index in [4.69, 9.17) is 15.2 Å². The van der Waals surface area contributed by atoms with Crippen LogP contribution in [0.1, 0.15) is 45.1 Å². The van der Waals surface area contributed by atoms with Crippen molar-refractivity contribution in [3.8, 4) is 0 Å². The van der Waals surface area contributed by atoms with Crippen LogP contribution < -0.4 is 11.1 Å². The minimum atomic E-state index is -0.787. The molecule has 2 aliphatic heterocycles. The van der Waals surface area contributed by atoms with Crippen molar-refractivity contribution in [3.05, 3.63) is 71.8 Å². The summed E-state index contributed by atoms with van der Waals surface area (Å²) in [6.45, 7) is 8.81. The summed E-state index contributed by atoms with van der Waals surface area (Å²) in [4.78, 5) is 37.6. The topological polar surface area (TPSA) is 108 Å². The van der Waals surface area contributed by atoms with Gasteiger partial charge in [-0.1, -0.05) is 61.6 Å². The van der Waals surface area contributed by atoms with Gasteiger partial charge in [0.25, 0.3) is 0 Å². The maximum Gasteiger partial charge on any atom is 0.338 e. The minimum Gasteiger partial charge on any atom is -0.462 e. The van der Waals surface area contributed by atoms with Gasteiger partial charge in [-0.3, -0.25) is 9.59 Å². The van der Waals surface area contributed by atoms with Gasteiger partial charge in [0.1, 0.15) is 19.3 Å². The lowest BCUT2D eigenvalue weighted by molar-refractivity contribution is -0.150. The first-order chi connectivity index (χ1) is 17.1. The first kappa shape index (κ1) is 25.9. The predicted molar refractivity (Wildman–Crippen MR) is 137 cm³/mol. The summed E-state index contributed by atoms with van der Waals surface area (Å²) in [5, 5.41) is 3.17. The van der Waals surface area contributed by atoms with E-state index in [1.165, 1.54) is 0 Å². The van der Waals surface area contributed by atoms with Crippen LogP contribution in [0.5, 0.6) is 0 Å². The highest BCUT2D eigenvalue weighted by Gasteiger charge is 2.54. The van der Waals surface area contributed by atoms with Crippen LogP contribution in [0.25, 0.3) is 0 Å². The largest absolute Gasteiger partial charge is 0.462 e. The lowest BCUT2D eigenvalue weighted by atomic mass is 9.53. The van der Waals surface area contributed by atoms with E-state index >= 15 is 0 Å². The molecule has 1 aliphatic carbocycles. The second-order valence-corrected chi connectivity index (χ2v) is 10.7. The predicted octanol–water partition coefficient (Wildman–Crippen LogP) is 3.40. The Morgan fingerprint density at radius 2 is 2.03 bits per heavy atom. The smallest absolute Gasteiger partial charge is 0.338 e. The van der Waals surface area contributed by atoms with Gasteiger partial charge in [-0.05, 0) is 55.6 Å². The molecule has 1 amide bonds. The molecule has 2 fully saturated rings. The fraction of sp³-hybridized carbons (Fsp3) is 0.483. The third kappa shape index (κ3) is 5.31. The van der Waals surface area contributed by atoms with Gasteiger partial charge in [0.15, 0.2) is 0 Å². The molecule has 0 radical (unpaired) electrons. The van der Waals surface area contributed by atoms with Gasteiger partial charge < -0.3 is 20.5 Å². The summed E-state index contributed by atoms with van der Waals surface area (Å²) in [6, 6.07) is 8.79. The Morgan fingerprint density at radius 3 is 2.72 bits per heavy atom. The van der Waals surface area contributed by atoms with Crippen LogP contribution in [0, 0.1) is 17.3 Å². The summed E-state index contributed by atoms with van der Waals surface area (Å²) in [5.74, 6) is -0.875. The molecule has 1 saturated heterocycles. The SMILES string of the molecule is C=C1CC[C@H]2[C@@](C)(CCC(=O)N[C@@]2(C)COC(=O)C(N)Cc2ccccc2)[C@@H]1/C=C/C1=CCOC1=O. The number of nitrogens with one attached hydrogen (secondary N) is 1. The van der Waals surface area contributed by atoms with Crippen LogP contribution in [0.15, 0.2) is 66.3 Å². The first-order valence-electron chi connectivity index (χ1n) is 12.6. The molecule has 5 atom stereocenters. The Morgan fingerprint density at radius 1 is 1.28 bits per heavy atom. The lowest BCUT2D eigenvalue weighted by Gasteiger charge is -2.53. The van der Waals surface area contributed by atoms with Gasteiger partial charge >= 0.3 is 11.9 Å². The third-order valence-electron chi connectivity index (χ3n) is 8.12. The fourth-order valence-corrected chi connectivity index (χ4v) is 6.21. The second kappa shape index (κ2) is 10.4. The molecule has 192 valence electrons. The van der Waals surface area contributed by atoms with Crippen molar-refractivity contribution in [2.75, 3.05) is 13.2 Å². The van der Waals surface area contributed by atoms with Crippen molar-refractivity contribution >= 4 is 17.8 Å². The molecule has 3 aliphatic rings. The lowest BCUT2D eigenvalue weighted by Crippen LogP contribution is -2.59. The molecule has 0 spiro atoms. The zero-order valence-corrected chi connectivity index (χ0v) is 21.1. The number of cyclic esters (lactones) is 1. The molecule has 1 aromatic carbocycles. The van der Waals surface area contributed by atoms with Gasteiger partial charge in [-0.2, -0.15) is 0 Å². The first-order valence-corrected chi connectivity index (χ1v) is 12.6. The second-order valence-electron chi connectivity index (χ2n) is 10.7. The molecule has 1 saturated carbocycles. The zero-order chi connectivity index (χ0) is 25.9. The van der Waals surface area contributed by atoms with Gasteiger partial charge in [0.2, 0.25) is 5.91 Å². The highest BCUT2D eigenvalue weighted by Crippen LogP contribution is 2.55. The van der Waals surface area contributed by atoms with E-state index in [0.29, 0.717) is 24.8 Å². The van der Waals surface area contributed by atoms with Crippen LogP contribution in [0.3, 0.4) is 0 Å². The van der Waals surface area contributed by atoms with E-state index < -0.39 is 17.6 Å². The normalized spacial score (nSPS) is 31.2.